The molecule has 3 aliphatic rings. The van der Waals surface area contributed by atoms with Crippen LogP contribution in [0.4, 0.5) is 0 Å². The molecule has 4 rings (SSSR count). The standard InChI is InChI=1S/C24H29N3O8.ClH/c1-27(2)18-13-7-11-6-12-10(8-26-9-35-3)4-5-14(28)16(12)19(29)15(11)21(31)24(13,34)22(32)17(20(18)30)23(25)33;/h4-5,11,13,18,26,28-29,32,34H,6-9H2,1-3H3,(H2,25,33);1H/t11-,13-,18-,24-;/m0./s1. The van der Waals surface area contributed by atoms with Crippen LogP contribution in [0.5, 0.6) is 5.75 Å². The fraction of sp³-hybridized carbons (Fsp3) is 0.458. The van der Waals surface area contributed by atoms with E-state index in [1.54, 1.807) is 20.2 Å². The summed E-state index contributed by atoms with van der Waals surface area (Å²) in [7, 11) is 4.66. The number of carbonyl (C=O) groups is 3. The van der Waals surface area contributed by atoms with E-state index >= 15 is 0 Å². The number of hydrogen-bond donors (Lipinski definition) is 6. The summed E-state index contributed by atoms with van der Waals surface area (Å²) in [6.45, 7) is 0.650. The predicted molar refractivity (Wildman–Crippen MR) is 130 cm³/mol. The minimum absolute atomic E-state index is 0. The van der Waals surface area contributed by atoms with Crippen molar-refractivity contribution in [2.75, 3.05) is 27.9 Å². The molecule has 11 nitrogen and oxygen atoms in total. The first-order valence-electron chi connectivity index (χ1n) is 11.1. The van der Waals surface area contributed by atoms with E-state index in [1.807, 2.05) is 0 Å². The number of amides is 1. The van der Waals surface area contributed by atoms with Gasteiger partial charge in [-0.2, -0.15) is 0 Å². The molecule has 0 aromatic heterocycles. The molecule has 0 unspecified atom stereocenters. The third-order valence-corrected chi connectivity index (χ3v) is 7.26. The van der Waals surface area contributed by atoms with Crippen LogP contribution in [0.2, 0.25) is 0 Å². The number of phenols is 1. The number of primary amides is 1. The Morgan fingerprint density at radius 3 is 2.50 bits per heavy atom. The fourth-order valence-electron chi connectivity index (χ4n) is 5.76. The number of benzene rings is 1. The number of methoxy groups -OCH3 is 1. The molecule has 1 amide bonds. The molecule has 1 aromatic carbocycles. The van der Waals surface area contributed by atoms with E-state index in [9.17, 15) is 34.8 Å². The van der Waals surface area contributed by atoms with Crippen LogP contribution >= 0.6 is 12.4 Å². The Labute approximate surface area is 213 Å². The number of halogens is 1. The second-order valence-electron chi connectivity index (χ2n) is 9.42. The van der Waals surface area contributed by atoms with Gasteiger partial charge in [-0.05, 0) is 50.0 Å². The molecule has 3 aliphatic carbocycles. The van der Waals surface area contributed by atoms with Gasteiger partial charge in [-0.3, -0.25) is 24.6 Å². The third kappa shape index (κ3) is 3.87. The van der Waals surface area contributed by atoms with Crippen LogP contribution in [0.25, 0.3) is 5.76 Å². The summed E-state index contributed by atoms with van der Waals surface area (Å²) in [5.74, 6) is -6.64. The highest BCUT2D eigenvalue weighted by atomic mass is 35.5. The third-order valence-electron chi connectivity index (χ3n) is 7.26. The molecule has 0 heterocycles. The number of carbonyl (C=O) groups excluding carboxylic acids is 3. The summed E-state index contributed by atoms with van der Waals surface area (Å²) in [5.41, 5.74) is 3.14. The summed E-state index contributed by atoms with van der Waals surface area (Å²) in [5, 5.41) is 47.2. The quantitative estimate of drug-likeness (QED) is 0.169. The molecule has 1 fully saturated rings. The van der Waals surface area contributed by atoms with Gasteiger partial charge in [0.05, 0.1) is 18.3 Å². The number of ether oxygens (including phenoxy) is 1. The van der Waals surface area contributed by atoms with Crippen molar-refractivity contribution in [2.24, 2.45) is 17.6 Å². The number of phenolic OH excluding ortho intramolecular Hbond substituents is 1. The van der Waals surface area contributed by atoms with Gasteiger partial charge >= 0.3 is 0 Å². The molecule has 0 saturated heterocycles. The Kier molecular flexibility index (Phi) is 7.54. The van der Waals surface area contributed by atoms with Crippen LogP contribution in [-0.2, 0) is 32.1 Å². The number of likely N-dealkylation sites (N-methyl/N-ethyl adjacent to an activating group) is 1. The maximum Gasteiger partial charge on any atom is 0.255 e. The summed E-state index contributed by atoms with van der Waals surface area (Å²) in [6, 6.07) is 1.99. The fourth-order valence-corrected chi connectivity index (χ4v) is 5.76. The van der Waals surface area contributed by atoms with E-state index in [2.05, 4.69) is 5.32 Å². The number of aromatic hydroxyl groups is 1. The summed E-state index contributed by atoms with van der Waals surface area (Å²) in [6.07, 6.45) is 0.291. The Bertz CT molecular complexity index is 1190. The van der Waals surface area contributed by atoms with E-state index in [0.717, 1.165) is 5.56 Å². The van der Waals surface area contributed by atoms with Crippen molar-refractivity contribution < 1.29 is 39.5 Å². The molecule has 196 valence electrons. The maximum atomic E-state index is 13.7. The monoisotopic (exact) mass is 523 g/mol. The SMILES string of the molecule is COCNCc1ccc(O)c2c1C[C@H]1C[C@H]3[C@H](N(C)C)C(=O)C(C(N)=O)=C(O)[C@@]3(O)C(=O)C1=C2O.Cl. The topological polar surface area (TPSA) is 183 Å². The minimum atomic E-state index is -2.64. The first-order chi connectivity index (χ1) is 16.5. The number of aliphatic hydroxyl groups is 3. The van der Waals surface area contributed by atoms with Crippen molar-refractivity contribution >= 4 is 35.6 Å². The number of fused-ring (bicyclic) bond motifs is 3. The van der Waals surface area contributed by atoms with Gasteiger partial charge in [0.25, 0.3) is 5.91 Å². The van der Waals surface area contributed by atoms with Gasteiger partial charge in [0.15, 0.2) is 11.4 Å². The van der Waals surface area contributed by atoms with Crippen LogP contribution in [0.1, 0.15) is 23.1 Å². The van der Waals surface area contributed by atoms with E-state index in [1.165, 1.54) is 18.1 Å². The van der Waals surface area contributed by atoms with Crippen LogP contribution in [0, 0.1) is 11.8 Å². The molecular formula is C24H30ClN3O8. The van der Waals surface area contributed by atoms with E-state index in [0.29, 0.717) is 12.1 Å². The predicted octanol–water partition coefficient (Wildman–Crippen LogP) is 0.0793. The van der Waals surface area contributed by atoms with Gasteiger partial charge in [0.1, 0.15) is 22.8 Å². The normalized spacial score (nSPS) is 27.4. The lowest BCUT2D eigenvalue weighted by Gasteiger charge is -2.50. The number of rotatable bonds is 6. The summed E-state index contributed by atoms with van der Waals surface area (Å²) >= 11 is 0. The van der Waals surface area contributed by atoms with Crippen molar-refractivity contribution in [1.82, 2.24) is 10.2 Å². The highest BCUT2D eigenvalue weighted by Gasteiger charge is 2.64. The minimum Gasteiger partial charge on any atom is -0.508 e. The zero-order valence-corrected chi connectivity index (χ0v) is 20.9. The van der Waals surface area contributed by atoms with Gasteiger partial charge in [0, 0.05) is 25.1 Å². The van der Waals surface area contributed by atoms with Gasteiger partial charge in [-0.1, -0.05) is 6.07 Å². The second-order valence-corrected chi connectivity index (χ2v) is 9.42. The van der Waals surface area contributed by atoms with Crippen molar-refractivity contribution in [2.45, 2.75) is 31.0 Å². The Morgan fingerprint density at radius 1 is 1.25 bits per heavy atom. The zero-order chi connectivity index (χ0) is 25.8. The second kappa shape index (κ2) is 9.83. The molecule has 36 heavy (non-hydrogen) atoms. The van der Waals surface area contributed by atoms with E-state index in [-0.39, 0.29) is 48.9 Å². The zero-order valence-electron chi connectivity index (χ0n) is 20.1. The summed E-state index contributed by atoms with van der Waals surface area (Å²) in [4.78, 5) is 40.3. The van der Waals surface area contributed by atoms with E-state index < -0.39 is 58.0 Å². The largest absolute Gasteiger partial charge is 0.508 e. The number of Topliss-reactive ketones (excluding diaryl/α,β-unsaturated/α-hetero) is 2. The molecule has 0 spiro atoms. The first-order valence-corrected chi connectivity index (χ1v) is 11.1. The van der Waals surface area contributed by atoms with Crippen LogP contribution in [-0.4, -0.2) is 82.4 Å². The molecule has 7 N–H and O–H groups in total. The number of hydrogen-bond acceptors (Lipinski definition) is 10. The molecule has 0 aliphatic heterocycles. The molecule has 4 atom stereocenters. The lowest BCUT2D eigenvalue weighted by Crippen LogP contribution is -2.65. The smallest absolute Gasteiger partial charge is 0.255 e. The first kappa shape index (κ1) is 27.6. The average Bonchev–Trinajstić information content (AvgIpc) is 2.77. The number of ketones is 2. The van der Waals surface area contributed by atoms with E-state index in [4.69, 9.17) is 10.5 Å². The van der Waals surface area contributed by atoms with Crippen LogP contribution in [0.3, 0.4) is 0 Å². The van der Waals surface area contributed by atoms with Gasteiger partial charge in [0.2, 0.25) is 5.78 Å². The van der Waals surface area contributed by atoms with Crippen LogP contribution in [0.15, 0.2) is 29.0 Å². The number of aliphatic hydroxyl groups excluding tert-OH is 2. The molecule has 0 bridgehead atoms. The lowest BCUT2D eigenvalue weighted by molar-refractivity contribution is -0.153. The van der Waals surface area contributed by atoms with Gasteiger partial charge < -0.3 is 30.9 Å². The highest BCUT2D eigenvalue weighted by molar-refractivity contribution is 6.24. The average molecular weight is 524 g/mol. The maximum absolute atomic E-state index is 13.7. The lowest BCUT2D eigenvalue weighted by atomic mass is 9.57. The van der Waals surface area contributed by atoms with Crippen molar-refractivity contribution in [3.05, 3.63) is 45.7 Å². The molecule has 1 aromatic rings. The van der Waals surface area contributed by atoms with Gasteiger partial charge in [-0.15, -0.1) is 12.4 Å². The van der Waals surface area contributed by atoms with Crippen molar-refractivity contribution in [1.29, 1.82) is 0 Å². The number of nitrogens with two attached hydrogens (primary N) is 1. The molecular weight excluding hydrogens is 494 g/mol. The summed E-state index contributed by atoms with van der Waals surface area (Å²) < 4.78 is 5.01. The van der Waals surface area contributed by atoms with Crippen molar-refractivity contribution in [3.8, 4) is 5.75 Å². The Balaban J connectivity index is 0.00000361. The Morgan fingerprint density at radius 2 is 1.92 bits per heavy atom. The number of nitrogens with one attached hydrogen (secondary N) is 1. The Hall–Kier alpha value is -2.96. The highest BCUT2D eigenvalue weighted by Crippen LogP contribution is 2.52. The number of nitrogens with zero attached hydrogens (tertiary/aromatic N) is 1. The van der Waals surface area contributed by atoms with Crippen molar-refractivity contribution in [3.63, 3.8) is 0 Å². The molecule has 1 saturated carbocycles. The van der Waals surface area contributed by atoms with Gasteiger partial charge in [-0.25, -0.2) is 0 Å². The molecule has 0 radical (unpaired) electrons. The molecule has 12 heteroatoms. The van der Waals surface area contributed by atoms with Crippen LogP contribution < -0.4 is 11.1 Å².